The lowest BCUT2D eigenvalue weighted by Gasteiger charge is -2.21. The molecule has 0 saturated carbocycles. The number of ether oxygens (including phenoxy) is 1. The third-order valence-electron chi connectivity index (χ3n) is 3.18. The van der Waals surface area contributed by atoms with Gasteiger partial charge in [-0.2, -0.15) is 0 Å². The Morgan fingerprint density at radius 1 is 1.29 bits per heavy atom. The van der Waals surface area contributed by atoms with Gasteiger partial charge in [0.1, 0.15) is 11.5 Å². The number of amides is 1. The van der Waals surface area contributed by atoms with Gasteiger partial charge in [0.05, 0.1) is 12.8 Å². The van der Waals surface area contributed by atoms with Crippen molar-refractivity contribution in [3.63, 3.8) is 0 Å². The van der Waals surface area contributed by atoms with E-state index in [1.165, 1.54) is 7.11 Å². The van der Waals surface area contributed by atoms with E-state index in [-0.39, 0.29) is 11.7 Å². The summed E-state index contributed by atoms with van der Waals surface area (Å²) in [4.78, 5) is 14.2. The minimum absolute atomic E-state index is 0.119. The second kappa shape index (κ2) is 6.17. The Balaban J connectivity index is 2.36. The van der Waals surface area contributed by atoms with Gasteiger partial charge in [0.25, 0.3) is 5.91 Å². The smallest absolute Gasteiger partial charge is 0.258 e. The Bertz CT molecular complexity index is 656. The van der Waals surface area contributed by atoms with Crippen LogP contribution >= 0.6 is 0 Å². The number of anilines is 2. The van der Waals surface area contributed by atoms with Crippen LogP contribution in [0.3, 0.4) is 0 Å². The van der Waals surface area contributed by atoms with Crippen LogP contribution in [0.4, 0.5) is 11.4 Å². The van der Waals surface area contributed by atoms with Crippen LogP contribution in [0.5, 0.6) is 11.5 Å². The summed E-state index contributed by atoms with van der Waals surface area (Å²) in [7, 11) is 1.51. The van der Waals surface area contributed by atoms with Crippen molar-refractivity contribution in [3.8, 4) is 11.5 Å². The van der Waals surface area contributed by atoms with Crippen molar-refractivity contribution in [2.24, 2.45) is 0 Å². The molecule has 0 saturated heterocycles. The van der Waals surface area contributed by atoms with Gasteiger partial charge >= 0.3 is 0 Å². The van der Waals surface area contributed by atoms with Crippen molar-refractivity contribution in [1.29, 1.82) is 0 Å². The maximum Gasteiger partial charge on any atom is 0.258 e. The van der Waals surface area contributed by atoms with Crippen LogP contribution in [0.25, 0.3) is 0 Å². The number of hydrogen-bond donors (Lipinski definition) is 2. The van der Waals surface area contributed by atoms with Crippen LogP contribution in [0.1, 0.15) is 17.3 Å². The average molecular weight is 286 g/mol. The molecule has 110 valence electrons. The lowest BCUT2D eigenvalue weighted by Crippen LogP contribution is -2.30. The van der Waals surface area contributed by atoms with E-state index in [1.807, 2.05) is 6.92 Å². The van der Waals surface area contributed by atoms with Crippen molar-refractivity contribution >= 4 is 17.3 Å². The molecule has 2 rings (SSSR count). The van der Waals surface area contributed by atoms with Crippen LogP contribution in [-0.4, -0.2) is 24.7 Å². The molecule has 0 aliphatic heterocycles. The van der Waals surface area contributed by atoms with Gasteiger partial charge in [-0.1, -0.05) is 6.07 Å². The van der Waals surface area contributed by atoms with Gasteiger partial charge in [0.15, 0.2) is 0 Å². The Labute approximate surface area is 123 Å². The van der Waals surface area contributed by atoms with Gasteiger partial charge in [0, 0.05) is 23.9 Å². The Kier molecular flexibility index (Phi) is 4.33. The molecule has 1 amide bonds. The molecule has 21 heavy (non-hydrogen) atoms. The van der Waals surface area contributed by atoms with Gasteiger partial charge in [0.2, 0.25) is 0 Å². The second-order valence-corrected chi connectivity index (χ2v) is 4.53. The lowest BCUT2D eigenvalue weighted by molar-refractivity contribution is 0.0988. The number of phenols is 1. The highest BCUT2D eigenvalue weighted by atomic mass is 16.5. The minimum atomic E-state index is -0.179. The SMILES string of the molecule is CCN(C(=O)c1ccc(N)c(OC)c1)c1cccc(O)c1. The molecule has 3 N–H and O–H groups in total. The van der Waals surface area contributed by atoms with E-state index >= 15 is 0 Å². The predicted molar refractivity (Wildman–Crippen MR) is 82.9 cm³/mol. The number of nitrogens with zero attached hydrogens (tertiary/aromatic N) is 1. The monoisotopic (exact) mass is 286 g/mol. The van der Waals surface area contributed by atoms with Crippen molar-refractivity contribution in [1.82, 2.24) is 0 Å². The molecule has 0 unspecified atom stereocenters. The highest BCUT2D eigenvalue weighted by Crippen LogP contribution is 2.26. The topological polar surface area (TPSA) is 75.8 Å². The highest BCUT2D eigenvalue weighted by molar-refractivity contribution is 6.06. The molecular weight excluding hydrogens is 268 g/mol. The second-order valence-electron chi connectivity index (χ2n) is 4.53. The summed E-state index contributed by atoms with van der Waals surface area (Å²) >= 11 is 0. The molecule has 0 radical (unpaired) electrons. The maximum absolute atomic E-state index is 12.6. The van der Waals surface area contributed by atoms with Gasteiger partial charge in [-0.05, 0) is 37.3 Å². The molecule has 0 aromatic heterocycles. The number of hydrogen-bond acceptors (Lipinski definition) is 4. The van der Waals surface area contributed by atoms with E-state index < -0.39 is 0 Å². The number of nitrogen functional groups attached to an aromatic ring is 1. The quantitative estimate of drug-likeness (QED) is 0.847. The van der Waals surface area contributed by atoms with Gasteiger partial charge < -0.3 is 20.5 Å². The number of rotatable bonds is 4. The van der Waals surface area contributed by atoms with E-state index in [1.54, 1.807) is 47.4 Å². The van der Waals surface area contributed by atoms with E-state index in [9.17, 15) is 9.90 Å². The number of benzene rings is 2. The fraction of sp³-hybridized carbons (Fsp3) is 0.188. The van der Waals surface area contributed by atoms with E-state index in [4.69, 9.17) is 10.5 Å². The molecule has 2 aromatic carbocycles. The van der Waals surface area contributed by atoms with Crippen LogP contribution in [0.15, 0.2) is 42.5 Å². The molecule has 5 nitrogen and oxygen atoms in total. The van der Waals surface area contributed by atoms with Gasteiger partial charge in [-0.3, -0.25) is 4.79 Å². The molecule has 5 heteroatoms. The van der Waals surface area contributed by atoms with Crippen LogP contribution in [0.2, 0.25) is 0 Å². The number of phenolic OH excluding ortho intramolecular Hbond substituents is 1. The van der Waals surface area contributed by atoms with E-state index in [0.29, 0.717) is 29.2 Å². The molecule has 0 aliphatic rings. The summed E-state index contributed by atoms with van der Waals surface area (Å²) in [5, 5.41) is 9.55. The molecule has 0 spiro atoms. The summed E-state index contributed by atoms with van der Waals surface area (Å²) < 4.78 is 5.14. The number of methoxy groups -OCH3 is 1. The molecule has 0 atom stereocenters. The summed E-state index contributed by atoms with van der Waals surface area (Å²) in [5.41, 5.74) is 7.35. The largest absolute Gasteiger partial charge is 0.508 e. The number of aromatic hydroxyl groups is 1. The van der Waals surface area contributed by atoms with Gasteiger partial charge in [-0.25, -0.2) is 0 Å². The van der Waals surface area contributed by atoms with Crippen molar-refractivity contribution < 1.29 is 14.6 Å². The number of carbonyl (C=O) groups excluding carboxylic acids is 1. The zero-order valence-electron chi connectivity index (χ0n) is 12.0. The summed E-state index contributed by atoms with van der Waals surface area (Å²) in [6.07, 6.45) is 0. The average Bonchev–Trinajstić information content (AvgIpc) is 2.48. The first kappa shape index (κ1) is 14.7. The van der Waals surface area contributed by atoms with Crippen molar-refractivity contribution in [3.05, 3.63) is 48.0 Å². The zero-order chi connectivity index (χ0) is 15.4. The fourth-order valence-electron chi connectivity index (χ4n) is 2.10. The summed E-state index contributed by atoms with van der Waals surface area (Å²) in [6.45, 7) is 2.35. The third-order valence-corrected chi connectivity index (χ3v) is 3.18. The molecule has 0 fully saturated rings. The van der Waals surface area contributed by atoms with Crippen molar-refractivity contribution in [2.45, 2.75) is 6.92 Å². The Morgan fingerprint density at radius 3 is 2.67 bits per heavy atom. The first-order chi connectivity index (χ1) is 10.1. The first-order valence-electron chi connectivity index (χ1n) is 6.61. The maximum atomic E-state index is 12.6. The molecule has 0 heterocycles. The Morgan fingerprint density at radius 2 is 2.05 bits per heavy atom. The fourth-order valence-corrected chi connectivity index (χ4v) is 2.10. The predicted octanol–water partition coefficient (Wildman–Crippen LogP) is 2.65. The summed E-state index contributed by atoms with van der Waals surface area (Å²) in [6, 6.07) is 11.5. The molecule has 2 aromatic rings. The lowest BCUT2D eigenvalue weighted by atomic mass is 10.1. The minimum Gasteiger partial charge on any atom is -0.508 e. The van der Waals surface area contributed by atoms with Crippen LogP contribution in [-0.2, 0) is 0 Å². The number of nitrogens with two attached hydrogens (primary N) is 1. The van der Waals surface area contributed by atoms with Crippen LogP contribution < -0.4 is 15.4 Å². The summed E-state index contributed by atoms with van der Waals surface area (Å²) in [5.74, 6) is 0.405. The third kappa shape index (κ3) is 3.08. The molecular formula is C16H18N2O3. The first-order valence-corrected chi connectivity index (χ1v) is 6.61. The molecule has 0 bridgehead atoms. The number of carbonyl (C=O) groups is 1. The standard InChI is InChI=1S/C16H18N2O3/c1-3-18(12-5-4-6-13(19)10-12)16(20)11-7-8-14(17)15(9-11)21-2/h4-10,19H,3,17H2,1-2H3. The highest BCUT2D eigenvalue weighted by Gasteiger charge is 2.17. The van der Waals surface area contributed by atoms with Crippen LogP contribution in [0, 0.1) is 0 Å². The van der Waals surface area contributed by atoms with E-state index in [2.05, 4.69) is 0 Å². The van der Waals surface area contributed by atoms with Crippen molar-refractivity contribution in [2.75, 3.05) is 24.3 Å². The zero-order valence-corrected chi connectivity index (χ0v) is 12.0. The molecule has 0 aliphatic carbocycles. The van der Waals surface area contributed by atoms with Gasteiger partial charge in [-0.15, -0.1) is 0 Å². The Hall–Kier alpha value is -2.69. The normalized spacial score (nSPS) is 10.2. The van der Waals surface area contributed by atoms with E-state index in [0.717, 1.165) is 0 Å².